The van der Waals surface area contributed by atoms with Gasteiger partial charge in [-0.3, -0.25) is 29.0 Å². The second-order valence-electron chi connectivity index (χ2n) is 3.38. The molecule has 8 heteroatoms. The predicted octanol–water partition coefficient (Wildman–Crippen LogP) is -1.35. The van der Waals surface area contributed by atoms with Crippen LogP contribution in [0.1, 0.15) is 13.8 Å². The SMILES string of the molecule is CC(=O)O[C@@H]1[C@@H](OC(C)=O)N(C=O)CN1C=O. The number of ether oxygens (including phenoxy) is 2. The van der Waals surface area contributed by atoms with Crippen molar-refractivity contribution in [2.75, 3.05) is 6.67 Å². The van der Waals surface area contributed by atoms with Crippen LogP contribution < -0.4 is 0 Å². The lowest BCUT2D eigenvalue weighted by Gasteiger charge is -2.23. The molecule has 0 aromatic rings. The van der Waals surface area contributed by atoms with Gasteiger partial charge in [-0.05, 0) is 0 Å². The van der Waals surface area contributed by atoms with Crippen LogP contribution in [0, 0.1) is 0 Å². The molecule has 2 atom stereocenters. The molecule has 0 spiro atoms. The molecule has 1 heterocycles. The van der Waals surface area contributed by atoms with Crippen molar-refractivity contribution in [3.05, 3.63) is 0 Å². The molecule has 17 heavy (non-hydrogen) atoms. The Morgan fingerprint density at radius 2 is 1.35 bits per heavy atom. The Bertz CT molecular complexity index is 312. The van der Waals surface area contributed by atoms with Gasteiger partial charge < -0.3 is 9.47 Å². The number of hydrogen-bond donors (Lipinski definition) is 0. The highest BCUT2D eigenvalue weighted by Gasteiger charge is 2.43. The Balaban J connectivity index is 2.89. The minimum atomic E-state index is -1.11. The zero-order valence-corrected chi connectivity index (χ0v) is 9.36. The van der Waals surface area contributed by atoms with Crippen LogP contribution in [-0.2, 0) is 28.7 Å². The Hall–Kier alpha value is -2.12. The zero-order valence-electron chi connectivity index (χ0n) is 9.36. The van der Waals surface area contributed by atoms with Crippen molar-refractivity contribution in [1.82, 2.24) is 9.80 Å². The summed E-state index contributed by atoms with van der Waals surface area (Å²) in [5.41, 5.74) is 0. The lowest BCUT2D eigenvalue weighted by molar-refractivity contribution is -0.180. The van der Waals surface area contributed by atoms with Crippen LogP contribution in [0.4, 0.5) is 0 Å². The van der Waals surface area contributed by atoms with Gasteiger partial charge in [-0.15, -0.1) is 0 Å². The summed E-state index contributed by atoms with van der Waals surface area (Å²) < 4.78 is 9.68. The molecule has 1 fully saturated rings. The van der Waals surface area contributed by atoms with E-state index in [9.17, 15) is 19.2 Å². The maximum absolute atomic E-state index is 10.9. The third-order valence-corrected chi connectivity index (χ3v) is 2.07. The van der Waals surface area contributed by atoms with Crippen molar-refractivity contribution >= 4 is 24.8 Å². The molecule has 1 aliphatic heterocycles. The molecular formula is C9H12N2O6. The topological polar surface area (TPSA) is 93.2 Å². The van der Waals surface area contributed by atoms with E-state index < -0.39 is 24.4 Å². The first kappa shape index (κ1) is 12.9. The summed E-state index contributed by atoms with van der Waals surface area (Å²) in [7, 11) is 0. The fourth-order valence-electron chi connectivity index (χ4n) is 1.46. The maximum atomic E-state index is 10.9. The first-order valence-electron chi connectivity index (χ1n) is 4.76. The van der Waals surface area contributed by atoms with Gasteiger partial charge in [-0.25, -0.2) is 0 Å². The molecule has 0 aromatic heterocycles. The van der Waals surface area contributed by atoms with Crippen molar-refractivity contribution in [3.8, 4) is 0 Å². The Morgan fingerprint density at radius 3 is 1.59 bits per heavy atom. The fourth-order valence-corrected chi connectivity index (χ4v) is 1.46. The van der Waals surface area contributed by atoms with Crippen molar-refractivity contribution in [2.45, 2.75) is 26.3 Å². The molecule has 1 saturated heterocycles. The predicted molar refractivity (Wildman–Crippen MR) is 51.8 cm³/mol. The first-order chi connectivity index (χ1) is 7.99. The van der Waals surface area contributed by atoms with E-state index in [0.29, 0.717) is 12.8 Å². The van der Waals surface area contributed by atoms with Crippen molar-refractivity contribution in [3.63, 3.8) is 0 Å². The van der Waals surface area contributed by atoms with E-state index in [4.69, 9.17) is 9.47 Å². The van der Waals surface area contributed by atoms with E-state index in [2.05, 4.69) is 0 Å². The molecule has 1 aliphatic rings. The normalized spacial score (nSPS) is 23.2. The molecule has 0 saturated carbocycles. The Labute approximate surface area is 97.0 Å². The molecule has 2 amide bonds. The number of carbonyl (C=O) groups is 4. The highest BCUT2D eigenvalue weighted by molar-refractivity contribution is 5.68. The highest BCUT2D eigenvalue weighted by atomic mass is 16.6. The number of hydrogen-bond acceptors (Lipinski definition) is 6. The van der Waals surface area contributed by atoms with Gasteiger partial charge in [0, 0.05) is 13.8 Å². The minimum Gasteiger partial charge on any atom is -0.435 e. The standard InChI is InChI=1S/C9H12N2O6/c1-6(14)16-8-9(17-7(2)15)11(5-13)3-10(8)4-12/h4-5,8-9H,3H2,1-2H3/t8-,9-/m1/s1. The summed E-state index contributed by atoms with van der Waals surface area (Å²) >= 11 is 0. The van der Waals surface area contributed by atoms with Crippen LogP contribution in [-0.4, -0.2) is 53.7 Å². The summed E-state index contributed by atoms with van der Waals surface area (Å²) in [4.78, 5) is 45.3. The van der Waals surface area contributed by atoms with Gasteiger partial charge in [0.15, 0.2) is 0 Å². The second-order valence-corrected chi connectivity index (χ2v) is 3.38. The van der Waals surface area contributed by atoms with Crippen LogP contribution in [0.15, 0.2) is 0 Å². The minimum absolute atomic E-state index is 0.108. The third kappa shape index (κ3) is 2.92. The molecule has 0 N–H and O–H groups in total. The van der Waals surface area contributed by atoms with Crippen LogP contribution in [0.25, 0.3) is 0 Å². The van der Waals surface area contributed by atoms with E-state index in [1.807, 2.05) is 0 Å². The Kier molecular flexibility index (Phi) is 4.02. The molecule has 0 aliphatic carbocycles. The molecule has 0 unspecified atom stereocenters. The lowest BCUT2D eigenvalue weighted by atomic mass is 10.4. The smallest absolute Gasteiger partial charge is 0.304 e. The average molecular weight is 244 g/mol. The average Bonchev–Trinajstić information content (AvgIpc) is 2.55. The van der Waals surface area contributed by atoms with E-state index in [0.717, 1.165) is 23.6 Å². The molecule has 8 nitrogen and oxygen atoms in total. The van der Waals surface area contributed by atoms with Gasteiger partial charge in [0.1, 0.15) is 6.67 Å². The van der Waals surface area contributed by atoms with Crippen LogP contribution in [0.2, 0.25) is 0 Å². The quantitative estimate of drug-likeness (QED) is 0.448. The summed E-state index contributed by atoms with van der Waals surface area (Å²) in [5, 5.41) is 0. The van der Waals surface area contributed by atoms with Gasteiger partial charge in [0.05, 0.1) is 0 Å². The molecular weight excluding hydrogens is 232 g/mol. The van der Waals surface area contributed by atoms with Gasteiger partial charge >= 0.3 is 11.9 Å². The molecule has 1 rings (SSSR count). The van der Waals surface area contributed by atoms with E-state index in [1.165, 1.54) is 0 Å². The zero-order chi connectivity index (χ0) is 13.0. The third-order valence-electron chi connectivity index (χ3n) is 2.07. The van der Waals surface area contributed by atoms with Crippen molar-refractivity contribution in [1.29, 1.82) is 0 Å². The number of carbonyl (C=O) groups excluding carboxylic acids is 4. The molecule has 0 radical (unpaired) electrons. The summed E-state index contributed by atoms with van der Waals surface area (Å²) in [6.07, 6.45) is -1.40. The molecule has 94 valence electrons. The van der Waals surface area contributed by atoms with Gasteiger partial charge in [0.2, 0.25) is 25.3 Å². The monoisotopic (exact) mass is 244 g/mol. The summed E-state index contributed by atoms with van der Waals surface area (Å²) in [5.74, 6) is -1.29. The largest absolute Gasteiger partial charge is 0.435 e. The summed E-state index contributed by atoms with van der Waals surface area (Å²) in [6.45, 7) is 2.19. The maximum Gasteiger partial charge on any atom is 0.304 e. The van der Waals surface area contributed by atoms with Crippen molar-refractivity contribution in [2.24, 2.45) is 0 Å². The second kappa shape index (κ2) is 5.28. The Morgan fingerprint density at radius 1 is 1.00 bits per heavy atom. The number of rotatable bonds is 4. The number of amides is 2. The van der Waals surface area contributed by atoms with Gasteiger partial charge in [-0.2, -0.15) is 0 Å². The van der Waals surface area contributed by atoms with Crippen LogP contribution >= 0.6 is 0 Å². The fraction of sp³-hybridized carbons (Fsp3) is 0.556. The molecule has 0 bridgehead atoms. The number of nitrogens with zero attached hydrogens (tertiary/aromatic N) is 2. The molecule has 0 aromatic carbocycles. The van der Waals surface area contributed by atoms with Crippen molar-refractivity contribution < 1.29 is 28.7 Å². The first-order valence-corrected chi connectivity index (χ1v) is 4.76. The van der Waals surface area contributed by atoms with Crippen LogP contribution in [0.3, 0.4) is 0 Å². The van der Waals surface area contributed by atoms with Crippen LogP contribution in [0.5, 0.6) is 0 Å². The lowest BCUT2D eigenvalue weighted by Crippen LogP contribution is -2.42. The van der Waals surface area contributed by atoms with E-state index in [-0.39, 0.29) is 6.67 Å². The summed E-state index contributed by atoms with van der Waals surface area (Å²) in [6, 6.07) is 0. The highest BCUT2D eigenvalue weighted by Crippen LogP contribution is 2.20. The van der Waals surface area contributed by atoms with E-state index >= 15 is 0 Å². The van der Waals surface area contributed by atoms with E-state index in [1.54, 1.807) is 0 Å². The van der Waals surface area contributed by atoms with Gasteiger partial charge in [0.25, 0.3) is 0 Å². The number of esters is 2. The van der Waals surface area contributed by atoms with Gasteiger partial charge in [-0.1, -0.05) is 0 Å².